The molecule has 0 aliphatic heterocycles. The zero-order chi connectivity index (χ0) is 14.1. The Balaban J connectivity index is 1.91. The predicted octanol–water partition coefficient (Wildman–Crippen LogP) is 3.00. The number of ketones is 1. The fraction of sp³-hybridized carbons (Fsp3) is 0.176. The molecule has 3 rings (SSSR count). The molecule has 0 unspecified atom stereocenters. The van der Waals surface area contributed by atoms with E-state index in [0.29, 0.717) is 5.56 Å². The van der Waals surface area contributed by atoms with Crippen molar-refractivity contribution < 1.29 is 14.3 Å². The highest BCUT2D eigenvalue weighted by Crippen LogP contribution is 2.36. The number of carbonyl (C=O) groups is 2. The summed E-state index contributed by atoms with van der Waals surface area (Å²) in [7, 11) is 1.29. The highest BCUT2D eigenvalue weighted by atomic mass is 16.5. The number of carbonyl (C=O) groups excluding carboxylic acids is 2. The van der Waals surface area contributed by atoms with E-state index >= 15 is 0 Å². The van der Waals surface area contributed by atoms with Gasteiger partial charge in [-0.3, -0.25) is 9.59 Å². The minimum absolute atomic E-state index is 0.199. The van der Waals surface area contributed by atoms with Gasteiger partial charge in [0.25, 0.3) is 0 Å². The molecule has 3 heteroatoms. The van der Waals surface area contributed by atoms with Gasteiger partial charge < -0.3 is 4.74 Å². The van der Waals surface area contributed by atoms with Gasteiger partial charge in [-0.05, 0) is 34.7 Å². The summed E-state index contributed by atoms with van der Waals surface area (Å²) in [5, 5.41) is 0. The second kappa shape index (κ2) is 4.93. The van der Waals surface area contributed by atoms with Crippen molar-refractivity contribution in [2.24, 2.45) is 0 Å². The Labute approximate surface area is 117 Å². The molecule has 100 valence electrons. The van der Waals surface area contributed by atoms with Gasteiger partial charge in [0, 0.05) is 5.56 Å². The van der Waals surface area contributed by atoms with Gasteiger partial charge in [-0.15, -0.1) is 0 Å². The number of fused-ring (bicyclic) bond motifs is 3. The Hall–Kier alpha value is -2.42. The zero-order valence-corrected chi connectivity index (χ0v) is 11.2. The molecule has 1 aliphatic carbocycles. The largest absolute Gasteiger partial charge is 0.469 e. The van der Waals surface area contributed by atoms with Crippen molar-refractivity contribution in [3.05, 3.63) is 59.2 Å². The molecule has 0 saturated heterocycles. The van der Waals surface area contributed by atoms with Crippen LogP contribution in [0.15, 0.2) is 42.5 Å². The highest BCUT2D eigenvalue weighted by Gasteiger charge is 2.20. The molecule has 0 spiro atoms. The average molecular weight is 266 g/mol. The lowest BCUT2D eigenvalue weighted by atomic mass is 10.0. The van der Waals surface area contributed by atoms with Crippen LogP contribution in [-0.2, 0) is 16.0 Å². The molecule has 0 fully saturated rings. The molecule has 0 aromatic heterocycles. The van der Waals surface area contributed by atoms with Gasteiger partial charge in [-0.1, -0.05) is 36.4 Å². The van der Waals surface area contributed by atoms with E-state index in [1.807, 2.05) is 24.3 Å². The van der Waals surface area contributed by atoms with Crippen molar-refractivity contribution in [1.29, 1.82) is 0 Å². The van der Waals surface area contributed by atoms with Crippen LogP contribution in [0.5, 0.6) is 0 Å². The van der Waals surface area contributed by atoms with Crippen LogP contribution in [0.1, 0.15) is 27.9 Å². The molecule has 0 heterocycles. The van der Waals surface area contributed by atoms with E-state index in [0.717, 1.165) is 12.0 Å². The summed E-state index contributed by atoms with van der Waals surface area (Å²) in [6.45, 7) is 0. The van der Waals surface area contributed by atoms with Crippen LogP contribution in [0, 0.1) is 0 Å². The molecule has 0 atom stereocenters. The van der Waals surface area contributed by atoms with Crippen molar-refractivity contribution in [2.75, 3.05) is 7.11 Å². The van der Waals surface area contributed by atoms with E-state index in [1.54, 1.807) is 6.07 Å². The van der Waals surface area contributed by atoms with Crippen molar-refractivity contribution in [3.63, 3.8) is 0 Å². The third kappa shape index (κ3) is 2.11. The van der Waals surface area contributed by atoms with Crippen LogP contribution in [0.3, 0.4) is 0 Å². The highest BCUT2D eigenvalue weighted by molar-refractivity contribution is 6.06. The number of rotatable bonds is 3. The van der Waals surface area contributed by atoms with E-state index in [4.69, 9.17) is 0 Å². The van der Waals surface area contributed by atoms with E-state index in [-0.39, 0.29) is 12.2 Å². The summed E-state index contributed by atoms with van der Waals surface area (Å²) in [5.74, 6) is -0.700. The lowest BCUT2D eigenvalue weighted by Crippen LogP contribution is -2.09. The summed E-state index contributed by atoms with van der Waals surface area (Å²) < 4.78 is 4.53. The molecule has 0 bridgehead atoms. The third-order valence-electron chi connectivity index (χ3n) is 3.65. The smallest absolute Gasteiger partial charge is 0.313 e. The first kappa shape index (κ1) is 12.6. The Morgan fingerprint density at radius 2 is 1.80 bits per heavy atom. The van der Waals surface area contributed by atoms with Crippen molar-refractivity contribution in [2.45, 2.75) is 12.8 Å². The van der Waals surface area contributed by atoms with Gasteiger partial charge in [0.1, 0.15) is 6.42 Å². The van der Waals surface area contributed by atoms with Crippen LogP contribution in [0.25, 0.3) is 11.1 Å². The maximum Gasteiger partial charge on any atom is 0.313 e. The Morgan fingerprint density at radius 3 is 2.60 bits per heavy atom. The Bertz CT molecular complexity index is 701. The fourth-order valence-corrected chi connectivity index (χ4v) is 2.62. The summed E-state index contributed by atoms with van der Waals surface area (Å²) in [5.41, 5.74) is 5.40. The van der Waals surface area contributed by atoms with Crippen molar-refractivity contribution in [3.8, 4) is 11.1 Å². The molecule has 3 nitrogen and oxygen atoms in total. The number of methoxy groups -OCH3 is 1. The van der Waals surface area contributed by atoms with Gasteiger partial charge in [0.15, 0.2) is 5.78 Å². The van der Waals surface area contributed by atoms with Gasteiger partial charge in [0.05, 0.1) is 7.11 Å². The standard InChI is InChI=1S/C17H14O3/c1-20-17(19)10-16(18)12-6-7-15-13(9-12)8-11-4-2-3-5-14(11)15/h2-7,9H,8,10H2,1H3. The SMILES string of the molecule is COC(=O)CC(=O)c1ccc2c(c1)Cc1ccccc1-2. The summed E-state index contributed by atoms with van der Waals surface area (Å²) in [4.78, 5) is 23.2. The Morgan fingerprint density at radius 1 is 1.05 bits per heavy atom. The van der Waals surface area contributed by atoms with Crippen LogP contribution < -0.4 is 0 Å². The predicted molar refractivity (Wildman–Crippen MR) is 75.6 cm³/mol. The number of benzene rings is 2. The van der Waals surface area contributed by atoms with Gasteiger partial charge in [0.2, 0.25) is 0 Å². The van der Waals surface area contributed by atoms with Crippen LogP contribution in [0.2, 0.25) is 0 Å². The first-order valence-electron chi connectivity index (χ1n) is 6.50. The van der Waals surface area contributed by atoms with Gasteiger partial charge >= 0.3 is 5.97 Å². The molecule has 1 aliphatic rings. The number of esters is 1. The maximum atomic E-state index is 12.0. The Kier molecular flexibility index (Phi) is 3.11. The molecule has 0 radical (unpaired) electrons. The normalized spacial score (nSPS) is 11.7. The topological polar surface area (TPSA) is 43.4 Å². The first-order chi connectivity index (χ1) is 9.69. The van der Waals surface area contributed by atoms with Crippen LogP contribution >= 0.6 is 0 Å². The third-order valence-corrected chi connectivity index (χ3v) is 3.65. The number of Topliss-reactive ketones (excluding diaryl/α,β-unsaturated/α-hetero) is 1. The lowest BCUT2D eigenvalue weighted by Gasteiger charge is -2.04. The molecule has 2 aromatic rings. The van der Waals surface area contributed by atoms with E-state index in [2.05, 4.69) is 16.9 Å². The minimum atomic E-state index is -0.501. The molecule has 0 saturated carbocycles. The van der Waals surface area contributed by atoms with Crippen LogP contribution in [0.4, 0.5) is 0 Å². The van der Waals surface area contributed by atoms with E-state index in [1.165, 1.54) is 23.8 Å². The molecule has 2 aromatic carbocycles. The fourth-order valence-electron chi connectivity index (χ4n) is 2.62. The van der Waals surface area contributed by atoms with Crippen molar-refractivity contribution >= 4 is 11.8 Å². The second-order valence-electron chi connectivity index (χ2n) is 4.88. The summed E-state index contributed by atoms with van der Waals surface area (Å²) in [6.07, 6.45) is 0.632. The number of hydrogen-bond acceptors (Lipinski definition) is 3. The molecule has 0 amide bonds. The molecule has 20 heavy (non-hydrogen) atoms. The summed E-state index contributed by atoms with van der Waals surface area (Å²) in [6, 6.07) is 13.9. The van der Waals surface area contributed by atoms with Gasteiger partial charge in [-0.25, -0.2) is 0 Å². The number of ether oxygens (including phenoxy) is 1. The van der Waals surface area contributed by atoms with Gasteiger partial charge in [-0.2, -0.15) is 0 Å². The summed E-state index contributed by atoms with van der Waals surface area (Å²) >= 11 is 0. The van der Waals surface area contributed by atoms with Crippen LogP contribution in [-0.4, -0.2) is 18.9 Å². The second-order valence-corrected chi connectivity index (χ2v) is 4.88. The molecular weight excluding hydrogens is 252 g/mol. The van der Waals surface area contributed by atoms with E-state index in [9.17, 15) is 9.59 Å². The maximum absolute atomic E-state index is 12.0. The zero-order valence-electron chi connectivity index (χ0n) is 11.2. The minimum Gasteiger partial charge on any atom is -0.469 e. The molecular formula is C17H14O3. The van der Waals surface area contributed by atoms with E-state index < -0.39 is 5.97 Å². The monoisotopic (exact) mass is 266 g/mol. The lowest BCUT2D eigenvalue weighted by molar-refractivity contribution is -0.139. The van der Waals surface area contributed by atoms with Crippen molar-refractivity contribution in [1.82, 2.24) is 0 Å². The average Bonchev–Trinajstić information content (AvgIpc) is 2.84. The quantitative estimate of drug-likeness (QED) is 0.416. The first-order valence-corrected chi connectivity index (χ1v) is 6.50. The number of hydrogen-bond donors (Lipinski definition) is 0. The molecule has 0 N–H and O–H groups in total.